The molecule has 0 atom stereocenters. The summed E-state index contributed by atoms with van der Waals surface area (Å²) in [5.74, 6) is -0.893. The van der Waals surface area contributed by atoms with Gasteiger partial charge in [-0.05, 0) is 24.6 Å². The lowest BCUT2D eigenvalue weighted by atomic mass is 10.3. The van der Waals surface area contributed by atoms with Crippen molar-refractivity contribution in [2.75, 3.05) is 17.2 Å². The zero-order valence-electron chi connectivity index (χ0n) is 10.6. The van der Waals surface area contributed by atoms with E-state index in [2.05, 4.69) is 20.8 Å². The SMILES string of the molecule is CCCNc1nnc(C(=O)Nc2ccc(F)cc2Cl)s1. The predicted molar refractivity (Wildman–Crippen MR) is 78.1 cm³/mol. The minimum atomic E-state index is -0.463. The Kier molecular flexibility index (Phi) is 4.86. The van der Waals surface area contributed by atoms with Crippen LogP contribution in [0.4, 0.5) is 15.2 Å². The van der Waals surface area contributed by atoms with Gasteiger partial charge in [0.05, 0.1) is 10.7 Å². The van der Waals surface area contributed by atoms with Crippen molar-refractivity contribution in [3.05, 3.63) is 34.0 Å². The van der Waals surface area contributed by atoms with E-state index in [0.29, 0.717) is 10.8 Å². The second kappa shape index (κ2) is 6.62. The van der Waals surface area contributed by atoms with Crippen molar-refractivity contribution in [2.45, 2.75) is 13.3 Å². The number of hydrogen-bond donors (Lipinski definition) is 2. The molecule has 2 rings (SSSR count). The van der Waals surface area contributed by atoms with Crippen LogP contribution in [0.3, 0.4) is 0 Å². The Labute approximate surface area is 124 Å². The number of carbonyl (C=O) groups is 1. The fourth-order valence-corrected chi connectivity index (χ4v) is 2.26. The Morgan fingerprint density at radius 3 is 2.95 bits per heavy atom. The number of anilines is 2. The smallest absolute Gasteiger partial charge is 0.286 e. The zero-order chi connectivity index (χ0) is 14.5. The number of amides is 1. The lowest BCUT2D eigenvalue weighted by Crippen LogP contribution is -2.12. The molecule has 1 aromatic carbocycles. The molecule has 1 amide bonds. The standard InChI is InChI=1S/C12H12ClFN4OS/c1-2-5-15-12-18-17-11(20-12)10(19)16-9-4-3-7(14)6-8(9)13/h3-4,6H,2,5H2,1H3,(H,15,18)(H,16,19). The topological polar surface area (TPSA) is 66.9 Å². The van der Waals surface area contributed by atoms with Crippen LogP contribution in [0, 0.1) is 5.82 Å². The number of nitrogens with zero attached hydrogens (tertiary/aromatic N) is 2. The summed E-state index contributed by atoms with van der Waals surface area (Å²) in [5, 5.41) is 14.2. The molecule has 5 nitrogen and oxygen atoms in total. The largest absolute Gasteiger partial charge is 0.360 e. The van der Waals surface area contributed by atoms with Crippen molar-refractivity contribution >= 4 is 39.7 Å². The Balaban J connectivity index is 2.06. The zero-order valence-corrected chi connectivity index (χ0v) is 12.2. The first-order valence-corrected chi connectivity index (χ1v) is 7.13. The number of halogens is 2. The number of carbonyl (C=O) groups excluding carboxylic acids is 1. The fraction of sp³-hybridized carbons (Fsp3) is 0.250. The molecule has 0 aliphatic carbocycles. The highest BCUT2D eigenvalue weighted by molar-refractivity contribution is 7.17. The first-order chi connectivity index (χ1) is 9.60. The van der Waals surface area contributed by atoms with Gasteiger partial charge in [-0.1, -0.05) is 29.9 Å². The van der Waals surface area contributed by atoms with E-state index in [-0.39, 0.29) is 10.0 Å². The van der Waals surface area contributed by atoms with E-state index < -0.39 is 11.7 Å². The highest BCUT2D eigenvalue weighted by Gasteiger charge is 2.14. The third-order valence-electron chi connectivity index (χ3n) is 2.32. The number of rotatable bonds is 5. The average Bonchev–Trinajstić information content (AvgIpc) is 2.88. The molecule has 2 N–H and O–H groups in total. The molecule has 0 bridgehead atoms. The second-order valence-corrected chi connectivity index (χ2v) is 5.30. The molecular weight excluding hydrogens is 303 g/mol. The second-order valence-electron chi connectivity index (χ2n) is 3.92. The Bertz CT molecular complexity index is 619. The summed E-state index contributed by atoms with van der Waals surface area (Å²) in [5.41, 5.74) is 0.330. The molecule has 8 heteroatoms. The summed E-state index contributed by atoms with van der Waals surface area (Å²) < 4.78 is 12.9. The summed E-state index contributed by atoms with van der Waals surface area (Å²) in [7, 11) is 0. The van der Waals surface area contributed by atoms with Crippen LogP contribution in [0.15, 0.2) is 18.2 Å². The van der Waals surface area contributed by atoms with Gasteiger partial charge in [0.15, 0.2) is 0 Å². The maximum atomic E-state index is 12.9. The average molecular weight is 315 g/mol. The molecule has 1 heterocycles. The van der Waals surface area contributed by atoms with Crippen molar-refractivity contribution in [1.82, 2.24) is 10.2 Å². The molecule has 0 radical (unpaired) electrons. The van der Waals surface area contributed by atoms with Crippen molar-refractivity contribution in [3.63, 3.8) is 0 Å². The van der Waals surface area contributed by atoms with Crippen LogP contribution in [0.25, 0.3) is 0 Å². The van der Waals surface area contributed by atoms with Crippen molar-refractivity contribution in [3.8, 4) is 0 Å². The summed E-state index contributed by atoms with van der Waals surface area (Å²) in [6, 6.07) is 3.74. The molecule has 0 saturated carbocycles. The minimum absolute atomic E-state index is 0.132. The highest BCUT2D eigenvalue weighted by atomic mass is 35.5. The Hall–Kier alpha value is -1.73. The molecule has 106 valence electrons. The summed E-state index contributed by atoms with van der Waals surface area (Å²) in [4.78, 5) is 12.0. The van der Waals surface area contributed by atoms with Gasteiger partial charge in [0.1, 0.15) is 5.82 Å². The summed E-state index contributed by atoms with van der Waals surface area (Å²) in [6.45, 7) is 2.79. The van der Waals surface area contributed by atoms with E-state index in [0.717, 1.165) is 30.4 Å². The van der Waals surface area contributed by atoms with E-state index in [1.165, 1.54) is 12.1 Å². The summed E-state index contributed by atoms with van der Waals surface area (Å²) >= 11 is 6.98. The van der Waals surface area contributed by atoms with E-state index in [1.807, 2.05) is 6.92 Å². The van der Waals surface area contributed by atoms with Crippen molar-refractivity contribution in [2.24, 2.45) is 0 Å². The van der Waals surface area contributed by atoms with Crippen LogP contribution >= 0.6 is 22.9 Å². The summed E-state index contributed by atoms with van der Waals surface area (Å²) in [6.07, 6.45) is 0.951. The molecule has 0 fully saturated rings. The fourth-order valence-electron chi connectivity index (χ4n) is 1.38. The molecule has 0 spiro atoms. The molecule has 1 aromatic heterocycles. The van der Waals surface area contributed by atoms with E-state index in [9.17, 15) is 9.18 Å². The van der Waals surface area contributed by atoms with Gasteiger partial charge in [0.2, 0.25) is 10.1 Å². The monoisotopic (exact) mass is 314 g/mol. The van der Waals surface area contributed by atoms with Gasteiger partial charge < -0.3 is 10.6 Å². The first-order valence-electron chi connectivity index (χ1n) is 5.94. The van der Waals surface area contributed by atoms with Crippen LogP contribution in [-0.4, -0.2) is 22.6 Å². The molecule has 0 aliphatic rings. The van der Waals surface area contributed by atoms with Gasteiger partial charge in [0, 0.05) is 6.54 Å². The Morgan fingerprint density at radius 1 is 1.45 bits per heavy atom. The normalized spacial score (nSPS) is 10.3. The van der Waals surface area contributed by atoms with Crippen LogP contribution in [0.5, 0.6) is 0 Å². The lowest BCUT2D eigenvalue weighted by molar-refractivity contribution is 0.102. The van der Waals surface area contributed by atoms with Gasteiger partial charge in [-0.15, -0.1) is 10.2 Å². The van der Waals surface area contributed by atoms with Crippen LogP contribution in [0.2, 0.25) is 5.02 Å². The van der Waals surface area contributed by atoms with Crippen LogP contribution < -0.4 is 10.6 Å². The van der Waals surface area contributed by atoms with Gasteiger partial charge >= 0.3 is 0 Å². The maximum Gasteiger partial charge on any atom is 0.286 e. The molecule has 0 saturated heterocycles. The maximum absolute atomic E-state index is 12.9. The van der Waals surface area contributed by atoms with Crippen LogP contribution in [-0.2, 0) is 0 Å². The van der Waals surface area contributed by atoms with Gasteiger partial charge in [-0.25, -0.2) is 4.39 Å². The molecule has 0 unspecified atom stereocenters. The van der Waals surface area contributed by atoms with E-state index in [4.69, 9.17) is 11.6 Å². The number of benzene rings is 1. The number of nitrogens with one attached hydrogen (secondary N) is 2. The van der Waals surface area contributed by atoms with Gasteiger partial charge in [0.25, 0.3) is 5.91 Å². The number of hydrogen-bond acceptors (Lipinski definition) is 5. The predicted octanol–water partition coefficient (Wildman–Crippen LogP) is 3.40. The molecule has 2 aromatic rings. The number of aromatic nitrogens is 2. The Morgan fingerprint density at radius 2 is 2.25 bits per heavy atom. The third kappa shape index (κ3) is 3.64. The quantitative estimate of drug-likeness (QED) is 0.887. The van der Waals surface area contributed by atoms with E-state index in [1.54, 1.807) is 0 Å². The molecular formula is C12H12ClFN4OS. The minimum Gasteiger partial charge on any atom is -0.360 e. The molecule has 20 heavy (non-hydrogen) atoms. The van der Waals surface area contributed by atoms with Crippen molar-refractivity contribution < 1.29 is 9.18 Å². The van der Waals surface area contributed by atoms with Crippen LogP contribution in [0.1, 0.15) is 23.1 Å². The lowest BCUT2D eigenvalue weighted by Gasteiger charge is -2.04. The highest BCUT2D eigenvalue weighted by Crippen LogP contribution is 2.24. The van der Waals surface area contributed by atoms with Gasteiger partial charge in [-0.2, -0.15) is 0 Å². The van der Waals surface area contributed by atoms with Gasteiger partial charge in [-0.3, -0.25) is 4.79 Å². The van der Waals surface area contributed by atoms with Crippen molar-refractivity contribution in [1.29, 1.82) is 0 Å². The van der Waals surface area contributed by atoms with E-state index >= 15 is 0 Å². The third-order valence-corrected chi connectivity index (χ3v) is 3.52. The molecule has 0 aliphatic heterocycles. The first kappa shape index (κ1) is 14.7.